The van der Waals surface area contributed by atoms with Crippen molar-refractivity contribution in [3.05, 3.63) is 0 Å². The Bertz CT molecular complexity index is 38.1. The van der Waals surface area contributed by atoms with Crippen molar-refractivity contribution in [2.45, 2.75) is 13.3 Å². The lowest BCUT2D eigenvalue weighted by Crippen LogP contribution is -1.93. The topological polar surface area (TPSA) is 44.6 Å². The molecule has 36 valence electrons. The Morgan fingerprint density at radius 2 is 2.67 bits per heavy atom. The summed E-state index contributed by atoms with van der Waals surface area (Å²) in [5.74, 6) is 0. The van der Waals surface area contributed by atoms with E-state index in [9.17, 15) is 0 Å². The fourth-order valence-corrected chi connectivity index (χ4v) is 0.132. The lowest BCUT2D eigenvalue weighted by Gasteiger charge is -1.78. The van der Waals surface area contributed by atoms with Gasteiger partial charge in [0, 0.05) is 6.21 Å². The molecule has 0 aromatic carbocycles. The van der Waals surface area contributed by atoms with Crippen molar-refractivity contribution in [2.24, 2.45) is 5.10 Å². The molecular formula is C3H8N2O. The molecule has 0 heterocycles. The van der Waals surface area contributed by atoms with E-state index in [1.54, 1.807) is 11.8 Å². The second-order valence-corrected chi connectivity index (χ2v) is 0.820. The molecule has 0 spiro atoms. The minimum Gasteiger partial charge on any atom is -0.274 e. The van der Waals surface area contributed by atoms with Crippen LogP contribution in [0.1, 0.15) is 13.3 Å². The number of nitrogens with zero attached hydrogens (tertiary/aromatic N) is 1. The highest BCUT2D eigenvalue weighted by atomic mass is 16.5. The van der Waals surface area contributed by atoms with Gasteiger partial charge in [-0.25, -0.2) is 0 Å². The SMILES string of the molecule is CCC=NNO. The summed E-state index contributed by atoms with van der Waals surface area (Å²) < 4.78 is 0. The maximum absolute atomic E-state index is 7.75. The van der Waals surface area contributed by atoms with Crippen molar-refractivity contribution >= 4 is 6.21 Å². The van der Waals surface area contributed by atoms with Gasteiger partial charge in [-0.2, -0.15) is 10.7 Å². The first-order chi connectivity index (χ1) is 2.91. The third-order valence-corrected chi connectivity index (χ3v) is 0.332. The molecule has 3 nitrogen and oxygen atoms in total. The summed E-state index contributed by atoms with van der Waals surface area (Å²) in [4.78, 5) is 0. The van der Waals surface area contributed by atoms with Crippen molar-refractivity contribution in [1.82, 2.24) is 5.59 Å². The molecule has 0 aliphatic carbocycles. The average molecular weight is 88.1 g/mol. The molecule has 0 aliphatic heterocycles. The van der Waals surface area contributed by atoms with Gasteiger partial charge in [-0.05, 0) is 6.42 Å². The molecule has 0 bridgehead atoms. The fourth-order valence-electron chi connectivity index (χ4n) is 0.132. The molecule has 0 aliphatic rings. The molecule has 0 saturated carbocycles. The summed E-state index contributed by atoms with van der Waals surface area (Å²) in [5.41, 5.74) is 1.64. The van der Waals surface area contributed by atoms with Crippen LogP contribution in [-0.4, -0.2) is 11.4 Å². The van der Waals surface area contributed by atoms with E-state index < -0.39 is 0 Å². The Morgan fingerprint density at radius 1 is 2.00 bits per heavy atom. The van der Waals surface area contributed by atoms with E-state index in [0.717, 1.165) is 6.42 Å². The summed E-state index contributed by atoms with van der Waals surface area (Å²) >= 11 is 0. The Morgan fingerprint density at radius 3 is 2.83 bits per heavy atom. The lowest BCUT2D eigenvalue weighted by atomic mass is 10.6. The Labute approximate surface area is 36.6 Å². The molecule has 2 N–H and O–H groups in total. The fraction of sp³-hybridized carbons (Fsp3) is 0.667. The van der Waals surface area contributed by atoms with Crippen LogP contribution in [-0.2, 0) is 0 Å². The van der Waals surface area contributed by atoms with Crippen LogP contribution in [0.25, 0.3) is 0 Å². The Balaban J connectivity index is 2.73. The van der Waals surface area contributed by atoms with Crippen LogP contribution in [0.4, 0.5) is 0 Å². The second-order valence-electron chi connectivity index (χ2n) is 0.820. The van der Waals surface area contributed by atoms with Gasteiger partial charge in [0.2, 0.25) is 0 Å². The van der Waals surface area contributed by atoms with E-state index in [2.05, 4.69) is 5.10 Å². The molecule has 6 heavy (non-hydrogen) atoms. The predicted octanol–water partition coefficient (Wildman–Crippen LogP) is 0.361. The number of nitrogens with one attached hydrogen (secondary N) is 1. The van der Waals surface area contributed by atoms with Gasteiger partial charge in [0.05, 0.1) is 0 Å². The van der Waals surface area contributed by atoms with Gasteiger partial charge in [0.1, 0.15) is 0 Å². The summed E-state index contributed by atoms with van der Waals surface area (Å²) in [6, 6.07) is 0. The maximum atomic E-state index is 7.75. The van der Waals surface area contributed by atoms with Gasteiger partial charge in [-0.1, -0.05) is 6.92 Å². The van der Waals surface area contributed by atoms with Crippen molar-refractivity contribution in [3.8, 4) is 0 Å². The quantitative estimate of drug-likeness (QED) is 0.378. The van der Waals surface area contributed by atoms with Crippen LogP contribution >= 0.6 is 0 Å². The van der Waals surface area contributed by atoms with Crippen LogP contribution < -0.4 is 5.59 Å². The third-order valence-electron chi connectivity index (χ3n) is 0.332. The van der Waals surface area contributed by atoms with E-state index in [4.69, 9.17) is 5.21 Å². The molecule has 0 fully saturated rings. The van der Waals surface area contributed by atoms with Gasteiger partial charge >= 0.3 is 0 Å². The standard InChI is InChI=1S/C3H8N2O/c1-2-3-4-5-6/h3,5-6H,2H2,1H3. The average Bonchev–Trinajstić information content (AvgIpc) is 1.61. The monoisotopic (exact) mass is 88.1 g/mol. The van der Waals surface area contributed by atoms with Crippen molar-refractivity contribution < 1.29 is 5.21 Å². The van der Waals surface area contributed by atoms with Crippen LogP contribution in [0.3, 0.4) is 0 Å². The molecular weight excluding hydrogens is 80.0 g/mol. The number of hydrazone groups is 1. The van der Waals surface area contributed by atoms with E-state index in [1.165, 1.54) is 0 Å². The zero-order valence-electron chi connectivity index (χ0n) is 3.68. The Kier molecular flexibility index (Phi) is 4.01. The van der Waals surface area contributed by atoms with E-state index in [0.29, 0.717) is 0 Å². The molecule has 0 rings (SSSR count). The van der Waals surface area contributed by atoms with Crippen molar-refractivity contribution in [2.75, 3.05) is 0 Å². The van der Waals surface area contributed by atoms with Crippen molar-refractivity contribution in [1.29, 1.82) is 0 Å². The van der Waals surface area contributed by atoms with Crippen molar-refractivity contribution in [3.63, 3.8) is 0 Å². The number of hydrogen-bond donors (Lipinski definition) is 2. The summed E-state index contributed by atoms with van der Waals surface area (Å²) in [5, 5.41) is 11.0. The van der Waals surface area contributed by atoms with Gasteiger partial charge < -0.3 is 0 Å². The van der Waals surface area contributed by atoms with Crippen LogP contribution in [0.15, 0.2) is 5.10 Å². The first-order valence-electron chi connectivity index (χ1n) is 1.82. The lowest BCUT2D eigenvalue weighted by molar-refractivity contribution is 0.172. The molecule has 0 saturated heterocycles. The zero-order chi connectivity index (χ0) is 4.83. The largest absolute Gasteiger partial charge is 0.274 e. The predicted molar refractivity (Wildman–Crippen MR) is 23.7 cm³/mol. The highest BCUT2D eigenvalue weighted by Crippen LogP contribution is 1.60. The molecule has 0 atom stereocenters. The molecule has 3 heteroatoms. The summed E-state index contributed by atoms with van der Waals surface area (Å²) in [6.45, 7) is 1.93. The zero-order valence-corrected chi connectivity index (χ0v) is 3.68. The van der Waals surface area contributed by atoms with Crippen LogP contribution in [0.2, 0.25) is 0 Å². The van der Waals surface area contributed by atoms with E-state index in [1.807, 2.05) is 6.92 Å². The summed E-state index contributed by atoms with van der Waals surface area (Å²) in [6.07, 6.45) is 2.41. The van der Waals surface area contributed by atoms with Gasteiger partial charge in [-0.15, -0.1) is 0 Å². The van der Waals surface area contributed by atoms with Crippen LogP contribution in [0.5, 0.6) is 0 Å². The first kappa shape index (κ1) is 5.43. The highest BCUT2D eigenvalue weighted by molar-refractivity contribution is 5.55. The smallest absolute Gasteiger partial charge is 0.0264 e. The Hall–Kier alpha value is -0.570. The molecule has 0 amide bonds. The van der Waals surface area contributed by atoms with E-state index in [-0.39, 0.29) is 0 Å². The minimum atomic E-state index is 0.841. The number of rotatable bonds is 2. The first-order valence-corrected chi connectivity index (χ1v) is 1.82. The van der Waals surface area contributed by atoms with Crippen LogP contribution in [0, 0.1) is 0 Å². The van der Waals surface area contributed by atoms with Gasteiger partial charge in [0.25, 0.3) is 0 Å². The minimum absolute atomic E-state index is 0.841. The summed E-state index contributed by atoms with van der Waals surface area (Å²) in [7, 11) is 0. The van der Waals surface area contributed by atoms with Gasteiger partial charge in [0.15, 0.2) is 0 Å². The normalized spacial score (nSPS) is 9.67. The maximum Gasteiger partial charge on any atom is 0.0264 e. The highest BCUT2D eigenvalue weighted by Gasteiger charge is 1.58. The number of hydrogen-bond acceptors (Lipinski definition) is 3. The molecule has 0 aromatic rings. The van der Waals surface area contributed by atoms with E-state index >= 15 is 0 Å². The van der Waals surface area contributed by atoms with Gasteiger partial charge in [-0.3, -0.25) is 5.21 Å². The molecule has 0 unspecified atom stereocenters. The molecule has 0 aromatic heterocycles. The molecule has 0 radical (unpaired) electrons. The second kappa shape index (κ2) is 4.43. The third kappa shape index (κ3) is 3.43.